The van der Waals surface area contributed by atoms with E-state index in [1.165, 1.54) is 12.5 Å². The summed E-state index contributed by atoms with van der Waals surface area (Å²) < 4.78 is 30.7. The maximum Gasteiger partial charge on any atom is 0.321 e. The van der Waals surface area contributed by atoms with E-state index in [0.29, 0.717) is 5.92 Å². The van der Waals surface area contributed by atoms with Crippen LogP contribution in [0.15, 0.2) is 35.7 Å². The van der Waals surface area contributed by atoms with Crippen molar-refractivity contribution in [3.63, 3.8) is 0 Å². The van der Waals surface area contributed by atoms with E-state index >= 15 is 0 Å². The minimum absolute atomic E-state index is 0.103. The number of sulfonamides is 1. The highest BCUT2D eigenvalue weighted by atomic mass is 32.2. The first-order valence-corrected chi connectivity index (χ1v) is 10.6. The molecule has 1 aliphatic rings. The molecule has 1 aromatic carbocycles. The molecule has 2 N–H and O–H groups in total. The number of hydrogen-bond donors (Lipinski definition) is 2. The van der Waals surface area contributed by atoms with E-state index in [9.17, 15) is 18.0 Å². The molecule has 7 nitrogen and oxygen atoms in total. The first kappa shape index (κ1) is 21.1. The minimum atomic E-state index is -3.78. The first-order valence-electron chi connectivity index (χ1n) is 9.03. The van der Waals surface area contributed by atoms with Gasteiger partial charge in [-0.1, -0.05) is 50.1 Å². The molecule has 0 aromatic heterocycles. The van der Waals surface area contributed by atoms with Crippen LogP contribution in [0.1, 0.15) is 38.2 Å². The Kier molecular flexibility index (Phi) is 7.99. The van der Waals surface area contributed by atoms with Gasteiger partial charge in [0.25, 0.3) is 5.91 Å². The Labute approximate surface area is 160 Å². The molecule has 2 rings (SSSR count). The monoisotopic (exact) mass is 394 g/mol. The van der Waals surface area contributed by atoms with E-state index in [-0.39, 0.29) is 11.9 Å². The van der Waals surface area contributed by atoms with E-state index in [4.69, 9.17) is 4.74 Å². The Morgan fingerprint density at radius 2 is 1.89 bits per heavy atom. The van der Waals surface area contributed by atoms with Gasteiger partial charge in [0.1, 0.15) is 6.54 Å². The van der Waals surface area contributed by atoms with Crippen molar-refractivity contribution in [1.82, 2.24) is 10.0 Å². The maximum absolute atomic E-state index is 11.9. The van der Waals surface area contributed by atoms with Gasteiger partial charge in [0.15, 0.2) is 6.61 Å². The van der Waals surface area contributed by atoms with Crippen molar-refractivity contribution in [3.05, 3.63) is 41.3 Å². The van der Waals surface area contributed by atoms with Crippen LogP contribution < -0.4 is 10.0 Å². The number of carbonyl (C=O) groups is 2. The highest BCUT2D eigenvalue weighted by Crippen LogP contribution is 2.23. The lowest BCUT2D eigenvalue weighted by Gasteiger charge is -2.29. The third-order valence-corrected chi connectivity index (χ3v) is 5.52. The SMILES string of the molecule is C[C@H]1CCCC[C@@H]1NC(=O)COC(=O)CNS(=O)(=O)/C=C/c1ccccc1. The number of amides is 1. The molecule has 1 amide bonds. The van der Waals surface area contributed by atoms with Crippen molar-refractivity contribution in [2.24, 2.45) is 5.92 Å². The first-order chi connectivity index (χ1) is 12.9. The molecule has 0 heterocycles. The summed E-state index contributed by atoms with van der Waals surface area (Å²) in [6, 6.07) is 9.02. The average Bonchev–Trinajstić information content (AvgIpc) is 2.66. The van der Waals surface area contributed by atoms with E-state index in [2.05, 4.69) is 17.0 Å². The minimum Gasteiger partial charge on any atom is -0.455 e. The third kappa shape index (κ3) is 7.92. The zero-order valence-electron chi connectivity index (χ0n) is 15.4. The number of benzene rings is 1. The molecule has 0 unspecified atom stereocenters. The molecule has 0 bridgehead atoms. The molecule has 0 radical (unpaired) electrons. The number of hydrogen-bond acceptors (Lipinski definition) is 5. The molecular formula is C19H26N2O5S. The van der Waals surface area contributed by atoms with Gasteiger partial charge in [-0.3, -0.25) is 9.59 Å². The van der Waals surface area contributed by atoms with Gasteiger partial charge in [0.05, 0.1) is 0 Å². The van der Waals surface area contributed by atoms with E-state index < -0.39 is 29.1 Å². The molecule has 8 heteroatoms. The van der Waals surface area contributed by atoms with Gasteiger partial charge in [-0.25, -0.2) is 13.1 Å². The summed E-state index contributed by atoms with van der Waals surface area (Å²) in [4.78, 5) is 23.6. The van der Waals surface area contributed by atoms with Crippen LogP contribution >= 0.6 is 0 Å². The zero-order chi connectivity index (χ0) is 19.7. The highest BCUT2D eigenvalue weighted by molar-refractivity contribution is 7.92. The summed E-state index contributed by atoms with van der Waals surface area (Å²) >= 11 is 0. The lowest BCUT2D eigenvalue weighted by Crippen LogP contribution is -2.43. The summed E-state index contributed by atoms with van der Waals surface area (Å²) in [6.45, 7) is 1.14. The number of rotatable bonds is 8. The Balaban J connectivity index is 1.70. The lowest BCUT2D eigenvalue weighted by atomic mass is 9.86. The molecule has 0 spiro atoms. The van der Waals surface area contributed by atoms with Crippen LogP contribution in [0.2, 0.25) is 0 Å². The van der Waals surface area contributed by atoms with Crippen LogP contribution in [0, 0.1) is 5.92 Å². The summed E-state index contributed by atoms with van der Waals surface area (Å²) in [5.74, 6) is -0.769. The zero-order valence-corrected chi connectivity index (χ0v) is 16.2. The molecule has 148 valence electrons. The molecule has 0 saturated heterocycles. The fourth-order valence-corrected chi connectivity index (χ4v) is 3.67. The molecule has 1 aromatic rings. The van der Waals surface area contributed by atoms with Crippen molar-refractivity contribution >= 4 is 28.0 Å². The largest absolute Gasteiger partial charge is 0.455 e. The van der Waals surface area contributed by atoms with E-state index in [1.54, 1.807) is 24.3 Å². The van der Waals surface area contributed by atoms with E-state index in [1.807, 2.05) is 6.07 Å². The van der Waals surface area contributed by atoms with E-state index in [0.717, 1.165) is 30.2 Å². The highest BCUT2D eigenvalue weighted by Gasteiger charge is 2.23. The molecule has 1 aliphatic carbocycles. The Morgan fingerprint density at radius 1 is 1.19 bits per heavy atom. The fraction of sp³-hybridized carbons (Fsp3) is 0.474. The van der Waals surface area contributed by atoms with Crippen molar-refractivity contribution in [1.29, 1.82) is 0 Å². The summed E-state index contributed by atoms with van der Waals surface area (Å²) in [7, 11) is -3.78. The van der Waals surface area contributed by atoms with Crippen molar-refractivity contribution < 1.29 is 22.7 Å². The summed E-state index contributed by atoms with van der Waals surface area (Å²) in [5.41, 5.74) is 0.721. The summed E-state index contributed by atoms with van der Waals surface area (Å²) in [6.07, 6.45) is 5.67. The predicted octanol–water partition coefficient (Wildman–Crippen LogP) is 1.81. The molecule has 27 heavy (non-hydrogen) atoms. The van der Waals surface area contributed by atoms with Gasteiger partial charge < -0.3 is 10.1 Å². The smallest absolute Gasteiger partial charge is 0.321 e. The van der Waals surface area contributed by atoms with Gasteiger partial charge >= 0.3 is 5.97 Å². The maximum atomic E-state index is 11.9. The molecule has 1 fully saturated rings. The fourth-order valence-electron chi connectivity index (χ4n) is 2.92. The molecule has 1 saturated carbocycles. The second kappa shape index (κ2) is 10.2. The standard InChI is InChI=1S/C19H26N2O5S/c1-15-7-5-6-10-17(15)21-18(22)14-26-19(23)13-20-27(24,25)12-11-16-8-3-2-4-9-16/h2-4,8-9,11-12,15,17,20H,5-7,10,13-14H2,1H3,(H,21,22)/b12-11+/t15-,17-/m0/s1. The van der Waals surface area contributed by atoms with Crippen LogP contribution in [0.4, 0.5) is 0 Å². The van der Waals surface area contributed by atoms with Crippen molar-refractivity contribution in [2.45, 2.75) is 38.6 Å². The van der Waals surface area contributed by atoms with Gasteiger partial charge in [0, 0.05) is 11.4 Å². The Morgan fingerprint density at radius 3 is 2.59 bits per heavy atom. The van der Waals surface area contributed by atoms with Crippen molar-refractivity contribution in [2.75, 3.05) is 13.2 Å². The van der Waals surface area contributed by atoms with Crippen LogP contribution in [0.5, 0.6) is 0 Å². The summed E-state index contributed by atoms with van der Waals surface area (Å²) in [5, 5.41) is 3.85. The Bertz CT molecular complexity index is 762. The number of carbonyl (C=O) groups excluding carboxylic acids is 2. The molecule has 0 aliphatic heterocycles. The van der Waals surface area contributed by atoms with Gasteiger partial charge in [-0.15, -0.1) is 0 Å². The Hall–Kier alpha value is -2.19. The van der Waals surface area contributed by atoms with Crippen LogP contribution in [0.3, 0.4) is 0 Å². The third-order valence-electron chi connectivity index (χ3n) is 4.48. The van der Waals surface area contributed by atoms with Gasteiger partial charge in [-0.2, -0.15) is 0 Å². The number of nitrogens with one attached hydrogen (secondary N) is 2. The second-order valence-corrected chi connectivity index (χ2v) is 8.33. The topological polar surface area (TPSA) is 102 Å². The molecule has 2 atom stereocenters. The molecular weight excluding hydrogens is 368 g/mol. The van der Waals surface area contributed by atoms with Gasteiger partial charge in [-0.05, 0) is 30.4 Å². The second-order valence-electron chi connectivity index (χ2n) is 6.68. The van der Waals surface area contributed by atoms with Gasteiger partial charge in [0.2, 0.25) is 10.0 Å². The quantitative estimate of drug-likeness (QED) is 0.655. The van der Waals surface area contributed by atoms with Crippen LogP contribution in [-0.4, -0.2) is 39.5 Å². The predicted molar refractivity (Wildman–Crippen MR) is 103 cm³/mol. The van der Waals surface area contributed by atoms with Crippen molar-refractivity contribution in [3.8, 4) is 0 Å². The number of ether oxygens (including phenoxy) is 1. The lowest BCUT2D eigenvalue weighted by molar-refractivity contribution is -0.147. The van der Waals surface area contributed by atoms with Crippen LogP contribution in [-0.2, 0) is 24.3 Å². The average molecular weight is 394 g/mol. The normalized spacial score (nSPS) is 20.3. The van der Waals surface area contributed by atoms with Crippen LogP contribution in [0.25, 0.3) is 6.08 Å². The number of esters is 1.